The van der Waals surface area contributed by atoms with Gasteiger partial charge in [0.15, 0.2) is 6.10 Å². The van der Waals surface area contributed by atoms with E-state index in [1.165, 1.54) is 17.1 Å². The molecule has 0 aliphatic carbocycles. The van der Waals surface area contributed by atoms with Crippen LogP contribution in [0.25, 0.3) is 22.2 Å². The summed E-state index contributed by atoms with van der Waals surface area (Å²) < 4.78 is 11.1. The second-order valence-electron chi connectivity index (χ2n) is 6.24. The number of esters is 1. The third kappa shape index (κ3) is 4.23. The van der Waals surface area contributed by atoms with E-state index in [0.717, 1.165) is 15.8 Å². The maximum atomic E-state index is 12.2. The van der Waals surface area contributed by atoms with Gasteiger partial charge in [0.05, 0.1) is 5.75 Å². The molecule has 0 fully saturated rings. The molecule has 3 aromatic carbocycles. The minimum Gasteiger partial charge on any atom is -0.452 e. The van der Waals surface area contributed by atoms with E-state index in [4.69, 9.17) is 9.15 Å². The van der Waals surface area contributed by atoms with Gasteiger partial charge in [0, 0.05) is 10.5 Å². The highest BCUT2D eigenvalue weighted by atomic mass is 32.2. The number of nitrogens with zero attached hydrogens (tertiary/aromatic N) is 2. The summed E-state index contributed by atoms with van der Waals surface area (Å²) in [6.07, 6.45) is -0.602. The lowest BCUT2D eigenvalue weighted by molar-refractivity contribution is -0.146. The van der Waals surface area contributed by atoms with Gasteiger partial charge in [0.25, 0.3) is 5.89 Å². The zero-order chi connectivity index (χ0) is 19.3. The second kappa shape index (κ2) is 8.27. The van der Waals surface area contributed by atoms with Crippen LogP contribution in [0, 0.1) is 0 Å². The highest BCUT2D eigenvalue weighted by Gasteiger charge is 2.19. The molecule has 140 valence electrons. The summed E-state index contributed by atoms with van der Waals surface area (Å²) in [4.78, 5) is 13.2. The van der Waals surface area contributed by atoms with Crippen LogP contribution >= 0.6 is 11.8 Å². The van der Waals surface area contributed by atoms with Crippen molar-refractivity contribution in [3.8, 4) is 11.5 Å². The third-order valence-electron chi connectivity index (χ3n) is 4.19. The van der Waals surface area contributed by atoms with Crippen molar-refractivity contribution in [1.82, 2.24) is 10.2 Å². The van der Waals surface area contributed by atoms with Crippen molar-refractivity contribution in [2.45, 2.75) is 17.9 Å². The lowest BCUT2D eigenvalue weighted by Crippen LogP contribution is -2.11. The molecule has 6 heteroatoms. The van der Waals surface area contributed by atoms with Crippen LogP contribution in [-0.4, -0.2) is 21.9 Å². The first-order valence-corrected chi connectivity index (χ1v) is 9.87. The zero-order valence-corrected chi connectivity index (χ0v) is 16.1. The number of thioether (sulfide) groups is 1. The molecule has 0 saturated carbocycles. The monoisotopic (exact) mass is 390 g/mol. The molecule has 0 aliphatic heterocycles. The number of aromatic nitrogens is 2. The smallest absolute Gasteiger partial charge is 0.317 e. The molecular weight excluding hydrogens is 372 g/mol. The van der Waals surface area contributed by atoms with Crippen LogP contribution in [0.3, 0.4) is 0 Å². The van der Waals surface area contributed by atoms with Gasteiger partial charge in [-0.3, -0.25) is 4.79 Å². The standard InChI is InChI=1S/C22H18N2O3S/c1-15(21-23-24-22(27-21)17-8-3-2-4-9-17)26-20(25)14-28-19-12-11-16-7-5-6-10-18(16)13-19/h2-13,15H,14H2,1H3/t15-/m1/s1. The van der Waals surface area contributed by atoms with Crippen LogP contribution in [0.2, 0.25) is 0 Å². The summed E-state index contributed by atoms with van der Waals surface area (Å²) in [7, 11) is 0. The molecule has 0 spiro atoms. The number of hydrogen-bond donors (Lipinski definition) is 0. The fraction of sp³-hybridized carbons (Fsp3) is 0.136. The Bertz CT molecular complexity index is 1100. The van der Waals surface area contributed by atoms with E-state index in [1.54, 1.807) is 6.92 Å². The third-order valence-corrected chi connectivity index (χ3v) is 5.16. The summed E-state index contributed by atoms with van der Waals surface area (Å²) in [5.74, 6) is 0.569. The molecule has 0 aliphatic rings. The van der Waals surface area contributed by atoms with Crippen molar-refractivity contribution in [3.05, 3.63) is 78.7 Å². The molecule has 0 N–H and O–H groups in total. The lowest BCUT2D eigenvalue weighted by atomic mass is 10.1. The van der Waals surface area contributed by atoms with Crippen LogP contribution in [0.4, 0.5) is 0 Å². The van der Waals surface area contributed by atoms with Crippen LogP contribution < -0.4 is 0 Å². The first-order valence-electron chi connectivity index (χ1n) is 8.89. The summed E-state index contributed by atoms with van der Waals surface area (Å²) in [5.41, 5.74) is 0.826. The van der Waals surface area contributed by atoms with Crippen molar-refractivity contribution < 1.29 is 13.9 Å². The van der Waals surface area contributed by atoms with Gasteiger partial charge in [-0.25, -0.2) is 0 Å². The minimum atomic E-state index is -0.602. The van der Waals surface area contributed by atoms with E-state index in [2.05, 4.69) is 34.5 Å². The van der Waals surface area contributed by atoms with Gasteiger partial charge in [-0.2, -0.15) is 0 Å². The average molecular weight is 390 g/mol. The quantitative estimate of drug-likeness (QED) is 0.329. The second-order valence-corrected chi connectivity index (χ2v) is 7.29. The van der Waals surface area contributed by atoms with E-state index in [-0.39, 0.29) is 17.6 Å². The summed E-state index contributed by atoms with van der Waals surface area (Å²) >= 11 is 1.44. The number of benzene rings is 3. The SMILES string of the molecule is C[C@@H](OC(=O)CSc1ccc2ccccc2c1)c1nnc(-c2ccccc2)o1. The fourth-order valence-corrected chi connectivity index (χ4v) is 3.50. The largest absolute Gasteiger partial charge is 0.452 e. The summed E-state index contributed by atoms with van der Waals surface area (Å²) in [5, 5.41) is 10.3. The van der Waals surface area contributed by atoms with Crippen LogP contribution in [0.1, 0.15) is 18.9 Å². The van der Waals surface area contributed by atoms with Crippen molar-refractivity contribution in [2.75, 3.05) is 5.75 Å². The van der Waals surface area contributed by atoms with Gasteiger partial charge in [0.2, 0.25) is 5.89 Å². The topological polar surface area (TPSA) is 65.2 Å². The molecule has 4 aromatic rings. The molecular formula is C22H18N2O3S. The molecule has 0 radical (unpaired) electrons. The van der Waals surface area contributed by atoms with Gasteiger partial charge in [-0.1, -0.05) is 48.5 Å². The first-order chi connectivity index (χ1) is 13.7. The normalized spacial score (nSPS) is 12.0. The van der Waals surface area contributed by atoms with Gasteiger partial charge in [-0.15, -0.1) is 22.0 Å². The molecule has 1 atom stereocenters. The Morgan fingerprint density at radius 3 is 2.57 bits per heavy atom. The summed E-state index contributed by atoms with van der Waals surface area (Å²) in [6.45, 7) is 1.72. The summed E-state index contributed by atoms with van der Waals surface area (Å²) in [6, 6.07) is 23.7. The number of fused-ring (bicyclic) bond motifs is 1. The Morgan fingerprint density at radius 2 is 1.75 bits per heavy atom. The number of ether oxygens (including phenoxy) is 1. The Hall–Kier alpha value is -3.12. The molecule has 0 bridgehead atoms. The number of carbonyl (C=O) groups is 1. The highest BCUT2D eigenvalue weighted by Crippen LogP contribution is 2.25. The van der Waals surface area contributed by atoms with Crippen LogP contribution in [0.5, 0.6) is 0 Å². The van der Waals surface area contributed by atoms with Crippen LogP contribution in [0.15, 0.2) is 82.1 Å². The predicted octanol–water partition coefficient (Wildman–Crippen LogP) is 5.29. The Kier molecular flexibility index (Phi) is 5.39. The molecule has 0 amide bonds. The Morgan fingerprint density at radius 1 is 1.00 bits per heavy atom. The van der Waals surface area contributed by atoms with Gasteiger partial charge < -0.3 is 9.15 Å². The molecule has 0 saturated heterocycles. The molecule has 1 aromatic heterocycles. The average Bonchev–Trinajstić information content (AvgIpc) is 3.23. The van der Waals surface area contributed by atoms with Gasteiger partial charge >= 0.3 is 5.97 Å². The molecule has 28 heavy (non-hydrogen) atoms. The molecule has 0 unspecified atom stereocenters. The van der Waals surface area contributed by atoms with E-state index >= 15 is 0 Å². The van der Waals surface area contributed by atoms with Crippen molar-refractivity contribution in [3.63, 3.8) is 0 Å². The van der Waals surface area contributed by atoms with E-state index in [0.29, 0.717) is 5.89 Å². The first kappa shape index (κ1) is 18.3. The molecule has 1 heterocycles. The maximum Gasteiger partial charge on any atom is 0.317 e. The number of rotatable bonds is 6. The van der Waals surface area contributed by atoms with E-state index in [9.17, 15) is 4.79 Å². The van der Waals surface area contributed by atoms with Crippen LogP contribution in [-0.2, 0) is 9.53 Å². The van der Waals surface area contributed by atoms with E-state index in [1.807, 2.05) is 48.5 Å². The zero-order valence-electron chi connectivity index (χ0n) is 15.2. The molecule has 4 rings (SSSR count). The minimum absolute atomic E-state index is 0.211. The highest BCUT2D eigenvalue weighted by molar-refractivity contribution is 8.00. The Balaban J connectivity index is 1.35. The lowest BCUT2D eigenvalue weighted by Gasteiger charge is -2.09. The Labute approximate surface area is 166 Å². The fourth-order valence-electron chi connectivity index (χ4n) is 2.78. The number of carbonyl (C=O) groups excluding carboxylic acids is 1. The van der Waals surface area contributed by atoms with Crippen molar-refractivity contribution in [1.29, 1.82) is 0 Å². The van der Waals surface area contributed by atoms with E-state index < -0.39 is 6.10 Å². The molecule has 5 nitrogen and oxygen atoms in total. The predicted molar refractivity (Wildman–Crippen MR) is 109 cm³/mol. The van der Waals surface area contributed by atoms with Gasteiger partial charge in [-0.05, 0) is 42.0 Å². The van der Waals surface area contributed by atoms with Gasteiger partial charge in [0.1, 0.15) is 0 Å². The van der Waals surface area contributed by atoms with Crippen molar-refractivity contribution in [2.24, 2.45) is 0 Å². The maximum absolute atomic E-state index is 12.2. The van der Waals surface area contributed by atoms with Crippen molar-refractivity contribution >= 4 is 28.5 Å². The number of hydrogen-bond acceptors (Lipinski definition) is 6.